The molecule has 1 aliphatic rings. The van der Waals surface area contributed by atoms with Crippen molar-refractivity contribution in [1.29, 1.82) is 0 Å². The minimum Gasteiger partial charge on any atom is -0.319 e. The lowest BCUT2D eigenvalue weighted by Gasteiger charge is -2.14. The molecule has 0 bridgehead atoms. The molecule has 4 rings (SSSR count). The van der Waals surface area contributed by atoms with Gasteiger partial charge in [-0.1, -0.05) is 41.9 Å². The third-order valence-electron chi connectivity index (χ3n) is 4.61. The Bertz CT molecular complexity index is 1130. The number of hydrogen-bond acceptors (Lipinski definition) is 3. The van der Waals surface area contributed by atoms with E-state index in [2.05, 4.69) is 5.32 Å². The highest BCUT2D eigenvalue weighted by Gasteiger charge is 2.35. The first-order valence-electron chi connectivity index (χ1n) is 8.75. The molecule has 0 radical (unpaired) electrons. The second-order valence-corrected chi connectivity index (χ2v) is 6.91. The number of nitrogens with zero attached hydrogens (tertiary/aromatic N) is 1. The van der Waals surface area contributed by atoms with Crippen LogP contribution in [0.2, 0.25) is 5.02 Å². The van der Waals surface area contributed by atoms with Crippen LogP contribution in [0.4, 0.5) is 10.1 Å². The molecule has 144 valence electrons. The fourth-order valence-electron chi connectivity index (χ4n) is 3.17. The van der Waals surface area contributed by atoms with E-state index < -0.39 is 11.7 Å². The number of halogens is 2. The van der Waals surface area contributed by atoms with Gasteiger partial charge in [-0.05, 0) is 42.0 Å². The summed E-state index contributed by atoms with van der Waals surface area (Å²) in [7, 11) is 0. The third-order valence-corrected chi connectivity index (χ3v) is 4.90. The van der Waals surface area contributed by atoms with Gasteiger partial charge in [0.1, 0.15) is 0 Å². The van der Waals surface area contributed by atoms with E-state index in [4.69, 9.17) is 11.6 Å². The zero-order valence-electron chi connectivity index (χ0n) is 15.0. The normalized spacial score (nSPS) is 12.8. The number of carbonyl (C=O) groups excluding carboxylic acids is 3. The second kappa shape index (κ2) is 7.48. The number of amides is 3. The highest BCUT2D eigenvalue weighted by Crippen LogP contribution is 2.25. The molecule has 0 aliphatic carbocycles. The Balaban J connectivity index is 1.54. The first-order chi connectivity index (χ1) is 14.0. The fraction of sp³-hybridized carbons (Fsp3) is 0.0455. The monoisotopic (exact) mass is 408 g/mol. The van der Waals surface area contributed by atoms with Crippen LogP contribution in [0.25, 0.3) is 0 Å². The summed E-state index contributed by atoms with van der Waals surface area (Å²) in [6.45, 7) is 0.0268. The van der Waals surface area contributed by atoms with Crippen molar-refractivity contribution in [1.82, 2.24) is 4.90 Å². The number of hydrogen-bond donors (Lipinski definition) is 1. The topological polar surface area (TPSA) is 66.5 Å². The van der Waals surface area contributed by atoms with Gasteiger partial charge in [0, 0.05) is 5.56 Å². The Morgan fingerprint density at radius 2 is 1.59 bits per heavy atom. The molecule has 0 spiro atoms. The molecular formula is C22H14ClFN2O3. The highest BCUT2D eigenvalue weighted by molar-refractivity contribution is 6.31. The maximum absolute atomic E-state index is 14.0. The predicted molar refractivity (Wildman–Crippen MR) is 106 cm³/mol. The molecule has 7 heteroatoms. The molecule has 3 aromatic rings. The number of carbonyl (C=O) groups is 3. The summed E-state index contributed by atoms with van der Waals surface area (Å²) < 4.78 is 14.0. The Morgan fingerprint density at radius 1 is 0.931 bits per heavy atom. The van der Waals surface area contributed by atoms with Gasteiger partial charge in [-0.25, -0.2) is 4.39 Å². The van der Waals surface area contributed by atoms with Crippen LogP contribution in [0.15, 0.2) is 66.7 Å². The summed E-state index contributed by atoms with van der Waals surface area (Å²) in [4.78, 5) is 38.7. The molecule has 1 N–H and O–H groups in total. The van der Waals surface area contributed by atoms with Crippen molar-refractivity contribution in [3.05, 3.63) is 99.8 Å². The largest absolute Gasteiger partial charge is 0.319 e. The van der Waals surface area contributed by atoms with Crippen molar-refractivity contribution < 1.29 is 18.8 Å². The van der Waals surface area contributed by atoms with E-state index >= 15 is 0 Å². The van der Waals surface area contributed by atoms with Crippen molar-refractivity contribution in [3.63, 3.8) is 0 Å². The van der Waals surface area contributed by atoms with Gasteiger partial charge >= 0.3 is 0 Å². The average Bonchev–Trinajstić information content (AvgIpc) is 2.97. The molecule has 3 aromatic carbocycles. The van der Waals surface area contributed by atoms with Gasteiger partial charge in [0.2, 0.25) is 0 Å². The van der Waals surface area contributed by atoms with Crippen LogP contribution < -0.4 is 5.32 Å². The first-order valence-corrected chi connectivity index (χ1v) is 9.13. The van der Waals surface area contributed by atoms with E-state index in [1.165, 1.54) is 18.2 Å². The minimum absolute atomic E-state index is 0.0268. The molecule has 29 heavy (non-hydrogen) atoms. The lowest BCUT2D eigenvalue weighted by molar-refractivity contribution is 0.0642. The van der Waals surface area contributed by atoms with Crippen molar-refractivity contribution >= 4 is 35.0 Å². The van der Waals surface area contributed by atoms with Crippen LogP contribution in [-0.4, -0.2) is 22.6 Å². The second-order valence-electron chi connectivity index (χ2n) is 6.50. The van der Waals surface area contributed by atoms with Gasteiger partial charge in [0.15, 0.2) is 5.82 Å². The van der Waals surface area contributed by atoms with E-state index in [9.17, 15) is 18.8 Å². The van der Waals surface area contributed by atoms with Crippen LogP contribution in [-0.2, 0) is 6.54 Å². The van der Waals surface area contributed by atoms with Gasteiger partial charge in [0.25, 0.3) is 17.7 Å². The molecule has 0 unspecified atom stereocenters. The minimum atomic E-state index is -0.718. The molecule has 0 saturated carbocycles. The fourth-order valence-corrected chi connectivity index (χ4v) is 3.35. The zero-order valence-corrected chi connectivity index (χ0v) is 15.7. The van der Waals surface area contributed by atoms with E-state index in [1.54, 1.807) is 48.5 Å². The van der Waals surface area contributed by atoms with E-state index in [0.717, 1.165) is 4.90 Å². The molecule has 0 fully saturated rings. The number of fused-ring (bicyclic) bond motifs is 1. The summed E-state index contributed by atoms with van der Waals surface area (Å²) in [5, 5.41) is 2.38. The summed E-state index contributed by atoms with van der Waals surface area (Å²) >= 11 is 5.73. The van der Waals surface area contributed by atoms with Crippen molar-refractivity contribution in [2.24, 2.45) is 0 Å². The van der Waals surface area contributed by atoms with E-state index in [-0.39, 0.29) is 34.6 Å². The summed E-state index contributed by atoms with van der Waals surface area (Å²) in [5.74, 6) is -2.00. The van der Waals surface area contributed by atoms with E-state index in [0.29, 0.717) is 16.7 Å². The molecule has 0 aromatic heterocycles. The molecule has 1 heterocycles. The lowest BCUT2D eigenvalue weighted by atomic mass is 10.1. The van der Waals surface area contributed by atoms with Crippen LogP contribution in [0.1, 0.15) is 36.6 Å². The Hall–Kier alpha value is -3.51. The van der Waals surface area contributed by atoms with Gasteiger partial charge in [-0.2, -0.15) is 0 Å². The predicted octanol–water partition coefficient (Wildman–Crippen LogP) is 4.53. The molecule has 3 amide bonds. The van der Waals surface area contributed by atoms with Gasteiger partial charge in [-0.15, -0.1) is 0 Å². The molecule has 0 atom stereocenters. The zero-order chi connectivity index (χ0) is 20.5. The molecule has 5 nitrogen and oxygen atoms in total. The number of anilines is 1. The summed E-state index contributed by atoms with van der Waals surface area (Å²) in [6, 6.07) is 17.4. The highest BCUT2D eigenvalue weighted by atomic mass is 35.5. The number of benzene rings is 3. The molecule has 1 aliphatic heterocycles. The maximum atomic E-state index is 14.0. The van der Waals surface area contributed by atoms with E-state index in [1.807, 2.05) is 0 Å². The Morgan fingerprint density at radius 3 is 2.28 bits per heavy atom. The standard InChI is InChI=1S/C22H14ClFN2O3/c23-17-9-4-10-18(19(17)24)25-20(27)14-6-3-5-13(11-14)12-26-21(28)15-7-1-2-8-16(15)22(26)29/h1-11H,12H2,(H,25,27). The number of nitrogens with one attached hydrogen (secondary N) is 1. The number of rotatable bonds is 4. The third kappa shape index (κ3) is 3.50. The van der Waals surface area contributed by atoms with Crippen LogP contribution in [0, 0.1) is 5.82 Å². The van der Waals surface area contributed by atoms with Crippen molar-refractivity contribution in [3.8, 4) is 0 Å². The smallest absolute Gasteiger partial charge is 0.261 e. The maximum Gasteiger partial charge on any atom is 0.261 e. The molecule has 0 saturated heterocycles. The Kier molecular flexibility index (Phi) is 4.86. The van der Waals surface area contributed by atoms with Gasteiger partial charge in [-0.3, -0.25) is 19.3 Å². The SMILES string of the molecule is O=C(Nc1cccc(Cl)c1F)c1cccc(CN2C(=O)c3ccccc3C2=O)c1. The van der Waals surface area contributed by atoms with Gasteiger partial charge in [0.05, 0.1) is 28.4 Å². The molecular weight excluding hydrogens is 395 g/mol. The van der Waals surface area contributed by atoms with Crippen molar-refractivity contribution in [2.45, 2.75) is 6.54 Å². The van der Waals surface area contributed by atoms with Gasteiger partial charge < -0.3 is 5.32 Å². The summed E-state index contributed by atoms with van der Waals surface area (Å²) in [6.07, 6.45) is 0. The summed E-state index contributed by atoms with van der Waals surface area (Å²) in [5.41, 5.74) is 1.55. The Labute approximate surface area is 170 Å². The van der Waals surface area contributed by atoms with Crippen LogP contribution >= 0.6 is 11.6 Å². The van der Waals surface area contributed by atoms with Crippen molar-refractivity contribution in [2.75, 3.05) is 5.32 Å². The van der Waals surface area contributed by atoms with Crippen LogP contribution in [0.3, 0.4) is 0 Å². The average molecular weight is 409 g/mol. The quantitative estimate of drug-likeness (QED) is 0.645. The number of imide groups is 1. The van der Waals surface area contributed by atoms with Crippen LogP contribution in [0.5, 0.6) is 0 Å². The lowest BCUT2D eigenvalue weighted by Crippen LogP contribution is -2.29. The first kappa shape index (κ1) is 18.8.